The first-order chi connectivity index (χ1) is 7.33. The van der Waals surface area contributed by atoms with E-state index in [0.717, 1.165) is 12.8 Å². The number of rotatable bonds is 7. The van der Waals surface area contributed by atoms with Crippen LogP contribution in [0.5, 0.6) is 0 Å². The second-order valence-corrected chi connectivity index (χ2v) is 4.13. The molecular weight excluding hydrogens is 194 g/mol. The van der Waals surface area contributed by atoms with Gasteiger partial charge in [-0.05, 0) is 12.8 Å². The van der Waals surface area contributed by atoms with Crippen LogP contribution in [-0.2, 0) is 9.47 Å². The number of ether oxygens (including phenoxy) is 2. The molecule has 4 heteroatoms. The quantitative estimate of drug-likeness (QED) is 0.615. The van der Waals surface area contributed by atoms with E-state index < -0.39 is 0 Å². The van der Waals surface area contributed by atoms with Gasteiger partial charge in [0.1, 0.15) is 0 Å². The van der Waals surface area contributed by atoms with Crippen LogP contribution in [0.4, 0.5) is 0 Å². The summed E-state index contributed by atoms with van der Waals surface area (Å²) in [7, 11) is 0. The van der Waals surface area contributed by atoms with Crippen LogP contribution >= 0.6 is 0 Å². The van der Waals surface area contributed by atoms with Crippen molar-refractivity contribution >= 4 is 0 Å². The van der Waals surface area contributed by atoms with Crippen LogP contribution in [-0.4, -0.2) is 43.7 Å². The highest BCUT2D eigenvalue weighted by Gasteiger charge is 2.31. The molecule has 0 saturated heterocycles. The monoisotopic (exact) mass is 217 g/mol. The highest BCUT2D eigenvalue weighted by atomic mass is 16.5. The van der Waals surface area contributed by atoms with Crippen LogP contribution in [0.25, 0.3) is 0 Å². The van der Waals surface area contributed by atoms with E-state index >= 15 is 0 Å². The third-order valence-electron chi connectivity index (χ3n) is 3.01. The minimum atomic E-state index is -0.0964. The van der Waals surface area contributed by atoms with Gasteiger partial charge >= 0.3 is 0 Å². The summed E-state index contributed by atoms with van der Waals surface area (Å²) in [4.78, 5) is 0. The molecule has 1 aliphatic carbocycles. The normalized spacial score (nSPS) is 20.4. The molecule has 90 valence electrons. The fourth-order valence-electron chi connectivity index (χ4n) is 2.09. The molecule has 1 rings (SSSR count). The lowest BCUT2D eigenvalue weighted by Crippen LogP contribution is -2.43. The topological polar surface area (TPSA) is 64.7 Å². The molecule has 1 aliphatic rings. The van der Waals surface area contributed by atoms with Crippen molar-refractivity contribution < 1.29 is 14.6 Å². The van der Waals surface area contributed by atoms with Crippen molar-refractivity contribution in [3.05, 3.63) is 0 Å². The number of hydrogen-bond donors (Lipinski definition) is 2. The van der Waals surface area contributed by atoms with Crippen molar-refractivity contribution in [1.82, 2.24) is 0 Å². The largest absolute Gasteiger partial charge is 0.394 e. The summed E-state index contributed by atoms with van der Waals surface area (Å²) in [5, 5.41) is 8.53. The molecular formula is C11H23NO3. The Kier molecular flexibility index (Phi) is 6.17. The minimum Gasteiger partial charge on any atom is -0.394 e. The molecule has 15 heavy (non-hydrogen) atoms. The van der Waals surface area contributed by atoms with E-state index in [4.69, 9.17) is 20.3 Å². The second kappa shape index (κ2) is 7.17. The molecule has 0 aliphatic heterocycles. The molecule has 4 nitrogen and oxygen atoms in total. The van der Waals surface area contributed by atoms with Crippen molar-refractivity contribution in [3.63, 3.8) is 0 Å². The van der Waals surface area contributed by atoms with Gasteiger partial charge in [0.05, 0.1) is 32.0 Å². The van der Waals surface area contributed by atoms with Gasteiger partial charge < -0.3 is 20.3 Å². The summed E-state index contributed by atoms with van der Waals surface area (Å²) < 4.78 is 11.0. The van der Waals surface area contributed by atoms with E-state index in [0.29, 0.717) is 26.4 Å². The van der Waals surface area contributed by atoms with Crippen molar-refractivity contribution in [2.24, 2.45) is 5.73 Å². The Balaban J connectivity index is 2.15. The summed E-state index contributed by atoms with van der Waals surface area (Å²) in [6.45, 7) is 2.19. The standard InChI is InChI=1S/C11H23NO3/c12-10-11(4-2-1-3-5-11)15-9-8-14-7-6-13/h13H,1-10,12H2. The zero-order valence-corrected chi connectivity index (χ0v) is 9.41. The van der Waals surface area contributed by atoms with E-state index in [1.54, 1.807) is 0 Å². The van der Waals surface area contributed by atoms with Gasteiger partial charge in [0.15, 0.2) is 0 Å². The first-order valence-electron chi connectivity index (χ1n) is 5.86. The number of aliphatic hydroxyl groups is 1. The lowest BCUT2D eigenvalue weighted by molar-refractivity contribution is -0.0833. The summed E-state index contributed by atoms with van der Waals surface area (Å²) in [5.74, 6) is 0. The van der Waals surface area contributed by atoms with Crippen molar-refractivity contribution in [2.45, 2.75) is 37.7 Å². The number of hydrogen-bond acceptors (Lipinski definition) is 4. The summed E-state index contributed by atoms with van der Waals surface area (Å²) in [6.07, 6.45) is 5.88. The van der Waals surface area contributed by atoms with Gasteiger partial charge in [-0.1, -0.05) is 19.3 Å². The molecule has 0 radical (unpaired) electrons. The fraction of sp³-hybridized carbons (Fsp3) is 1.00. The Bertz CT molecular complexity index is 158. The van der Waals surface area contributed by atoms with Crippen molar-refractivity contribution in [3.8, 4) is 0 Å². The van der Waals surface area contributed by atoms with Crippen LogP contribution in [0.15, 0.2) is 0 Å². The van der Waals surface area contributed by atoms with Gasteiger partial charge in [-0.15, -0.1) is 0 Å². The molecule has 0 aromatic carbocycles. The summed E-state index contributed by atoms with van der Waals surface area (Å²) >= 11 is 0. The Labute approximate surface area is 91.7 Å². The third kappa shape index (κ3) is 4.47. The van der Waals surface area contributed by atoms with E-state index in [9.17, 15) is 0 Å². The molecule has 0 unspecified atom stereocenters. The Morgan fingerprint density at radius 2 is 1.80 bits per heavy atom. The minimum absolute atomic E-state index is 0.0715. The van der Waals surface area contributed by atoms with Gasteiger partial charge in [-0.25, -0.2) is 0 Å². The highest BCUT2D eigenvalue weighted by molar-refractivity contribution is 4.85. The van der Waals surface area contributed by atoms with E-state index in [1.165, 1.54) is 19.3 Å². The average Bonchev–Trinajstić information content (AvgIpc) is 2.30. The van der Waals surface area contributed by atoms with Crippen LogP contribution in [0.3, 0.4) is 0 Å². The molecule has 1 saturated carbocycles. The maximum Gasteiger partial charge on any atom is 0.0805 e. The van der Waals surface area contributed by atoms with E-state index in [2.05, 4.69) is 0 Å². The summed E-state index contributed by atoms with van der Waals surface area (Å²) in [5.41, 5.74) is 5.68. The second-order valence-electron chi connectivity index (χ2n) is 4.13. The first-order valence-corrected chi connectivity index (χ1v) is 5.86. The van der Waals surface area contributed by atoms with Crippen LogP contribution in [0.2, 0.25) is 0 Å². The lowest BCUT2D eigenvalue weighted by Gasteiger charge is -2.36. The Morgan fingerprint density at radius 1 is 1.07 bits per heavy atom. The SMILES string of the molecule is NCC1(OCCOCCO)CCCCC1. The zero-order valence-electron chi connectivity index (χ0n) is 9.41. The van der Waals surface area contributed by atoms with Gasteiger partial charge in [0.25, 0.3) is 0 Å². The zero-order chi connectivity index (χ0) is 11.0. The molecule has 0 aromatic rings. The van der Waals surface area contributed by atoms with Crippen LogP contribution < -0.4 is 5.73 Å². The van der Waals surface area contributed by atoms with E-state index in [-0.39, 0.29) is 12.2 Å². The van der Waals surface area contributed by atoms with Crippen molar-refractivity contribution in [2.75, 3.05) is 33.0 Å². The highest BCUT2D eigenvalue weighted by Crippen LogP contribution is 2.30. The molecule has 0 amide bonds. The lowest BCUT2D eigenvalue weighted by atomic mass is 9.85. The molecule has 0 bridgehead atoms. The first kappa shape index (κ1) is 12.9. The van der Waals surface area contributed by atoms with Gasteiger partial charge in [0, 0.05) is 6.54 Å². The smallest absolute Gasteiger partial charge is 0.0805 e. The Hall–Kier alpha value is -0.160. The van der Waals surface area contributed by atoms with Crippen LogP contribution in [0, 0.1) is 0 Å². The predicted octanol–water partition coefficient (Wildman–Crippen LogP) is 0.673. The predicted molar refractivity (Wildman–Crippen MR) is 58.7 cm³/mol. The maximum absolute atomic E-state index is 8.53. The summed E-state index contributed by atoms with van der Waals surface area (Å²) in [6, 6.07) is 0. The number of aliphatic hydroxyl groups excluding tert-OH is 1. The maximum atomic E-state index is 8.53. The average molecular weight is 217 g/mol. The van der Waals surface area contributed by atoms with Gasteiger partial charge in [-0.2, -0.15) is 0 Å². The molecule has 0 spiro atoms. The van der Waals surface area contributed by atoms with Gasteiger partial charge in [0.2, 0.25) is 0 Å². The molecule has 0 aromatic heterocycles. The van der Waals surface area contributed by atoms with E-state index in [1.807, 2.05) is 0 Å². The third-order valence-corrected chi connectivity index (χ3v) is 3.01. The molecule has 0 atom stereocenters. The fourth-order valence-corrected chi connectivity index (χ4v) is 2.09. The van der Waals surface area contributed by atoms with Gasteiger partial charge in [-0.3, -0.25) is 0 Å². The van der Waals surface area contributed by atoms with Crippen LogP contribution in [0.1, 0.15) is 32.1 Å². The Morgan fingerprint density at radius 3 is 2.40 bits per heavy atom. The molecule has 1 fully saturated rings. The van der Waals surface area contributed by atoms with Crippen molar-refractivity contribution in [1.29, 1.82) is 0 Å². The number of nitrogens with two attached hydrogens (primary N) is 1. The molecule has 0 heterocycles. The molecule has 3 N–H and O–H groups in total.